The van der Waals surface area contributed by atoms with E-state index in [0.717, 1.165) is 18.5 Å². The summed E-state index contributed by atoms with van der Waals surface area (Å²) < 4.78 is 28.8. The molecule has 2 amide bonds. The number of morpholine rings is 1. The standard InChI is InChI=1S/C23H32N4O4S/c1-3-17-4-6-18(7-5-17)19-12-20(22-13-21(24-25-22)16-32(2,29)30)15-27(14-19)23(28)26-8-10-31-11-9-26/h4-7,13,19-20H,3,8-12,14-16H2,1-2H3,(H,24,25). The van der Waals surface area contributed by atoms with E-state index in [1.165, 1.54) is 17.4 Å². The van der Waals surface area contributed by atoms with Crippen molar-refractivity contribution in [2.24, 2.45) is 0 Å². The van der Waals surface area contributed by atoms with Gasteiger partial charge in [0.05, 0.1) is 30.4 Å². The number of likely N-dealkylation sites (tertiary alicyclic amines) is 1. The molecule has 0 saturated carbocycles. The van der Waals surface area contributed by atoms with Crippen molar-refractivity contribution in [2.75, 3.05) is 45.6 Å². The van der Waals surface area contributed by atoms with Crippen LogP contribution in [0.2, 0.25) is 0 Å². The molecule has 2 saturated heterocycles. The first-order valence-electron chi connectivity index (χ1n) is 11.2. The Kier molecular flexibility index (Phi) is 6.85. The fourth-order valence-corrected chi connectivity index (χ4v) is 5.35. The Morgan fingerprint density at radius 1 is 1.12 bits per heavy atom. The third-order valence-electron chi connectivity index (χ3n) is 6.35. The van der Waals surface area contributed by atoms with Crippen LogP contribution >= 0.6 is 0 Å². The first-order chi connectivity index (χ1) is 15.3. The average molecular weight is 461 g/mol. The monoisotopic (exact) mass is 460 g/mol. The van der Waals surface area contributed by atoms with Gasteiger partial charge in [-0.25, -0.2) is 13.2 Å². The first kappa shape index (κ1) is 22.8. The number of ether oxygens (including phenoxy) is 1. The number of piperidine rings is 1. The fourth-order valence-electron chi connectivity index (χ4n) is 4.64. The molecule has 2 aliphatic heterocycles. The number of carbonyl (C=O) groups is 1. The van der Waals surface area contributed by atoms with Gasteiger partial charge in [0, 0.05) is 44.3 Å². The van der Waals surface area contributed by atoms with Crippen molar-refractivity contribution < 1.29 is 17.9 Å². The van der Waals surface area contributed by atoms with Crippen molar-refractivity contribution in [3.8, 4) is 0 Å². The molecule has 2 aliphatic rings. The lowest BCUT2D eigenvalue weighted by atomic mass is 9.83. The van der Waals surface area contributed by atoms with Gasteiger partial charge in [-0.3, -0.25) is 5.10 Å². The number of hydrogen-bond acceptors (Lipinski definition) is 5. The second-order valence-corrected chi connectivity index (χ2v) is 11.0. The topological polar surface area (TPSA) is 95.6 Å². The van der Waals surface area contributed by atoms with E-state index in [0.29, 0.717) is 45.1 Å². The van der Waals surface area contributed by atoms with Crippen molar-refractivity contribution >= 4 is 15.9 Å². The predicted octanol–water partition coefficient (Wildman–Crippen LogP) is 2.54. The van der Waals surface area contributed by atoms with Crippen LogP contribution in [0.25, 0.3) is 0 Å². The summed E-state index contributed by atoms with van der Waals surface area (Å²) in [5.74, 6) is 0.166. The van der Waals surface area contributed by atoms with Crippen LogP contribution in [0, 0.1) is 0 Å². The molecule has 8 nitrogen and oxygen atoms in total. The smallest absolute Gasteiger partial charge is 0.320 e. The molecule has 174 valence electrons. The van der Waals surface area contributed by atoms with Crippen LogP contribution in [0.3, 0.4) is 0 Å². The molecule has 0 spiro atoms. The molecule has 2 atom stereocenters. The van der Waals surface area contributed by atoms with E-state index in [9.17, 15) is 13.2 Å². The van der Waals surface area contributed by atoms with E-state index in [2.05, 4.69) is 41.4 Å². The van der Waals surface area contributed by atoms with Crippen LogP contribution in [-0.2, 0) is 26.7 Å². The molecule has 1 aromatic heterocycles. The summed E-state index contributed by atoms with van der Waals surface area (Å²) in [5.41, 5.74) is 3.92. The Hall–Kier alpha value is -2.39. The highest BCUT2D eigenvalue weighted by Crippen LogP contribution is 2.36. The van der Waals surface area contributed by atoms with Crippen LogP contribution in [-0.4, -0.2) is 80.1 Å². The quantitative estimate of drug-likeness (QED) is 0.740. The molecule has 0 bridgehead atoms. The molecule has 2 aromatic rings. The van der Waals surface area contributed by atoms with Crippen LogP contribution in [0.15, 0.2) is 30.3 Å². The molecule has 0 radical (unpaired) electrons. The number of sulfone groups is 1. The molecular weight excluding hydrogens is 428 g/mol. The van der Waals surface area contributed by atoms with Gasteiger partial charge in [-0.05, 0) is 30.0 Å². The van der Waals surface area contributed by atoms with E-state index < -0.39 is 9.84 Å². The third kappa shape index (κ3) is 5.50. The summed E-state index contributed by atoms with van der Waals surface area (Å²) in [5, 5.41) is 7.30. The van der Waals surface area contributed by atoms with E-state index >= 15 is 0 Å². The summed E-state index contributed by atoms with van der Waals surface area (Å²) in [7, 11) is -3.15. The van der Waals surface area contributed by atoms with E-state index in [1.807, 2.05) is 15.9 Å². The zero-order valence-corrected chi connectivity index (χ0v) is 19.6. The minimum atomic E-state index is -3.15. The van der Waals surface area contributed by atoms with Gasteiger partial charge in [0.15, 0.2) is 9.84 Å². The number of hydrogen-bond donors (Lipinski definition) is 1. The molecule has 2 fully saturated rings. The van der Waals surface area contributed by atoms with Crippen LogP contribution in [0.4, 0.5) is 4.79 Å². The van der Waals surface area contributed by atoms with Crippen LogP contribution in [0.5, 0.6) is 0 Å². The van der Waals surface area contributed by atoms with E-state index in [-0.39, 0.29) is 23.6 Å². The first-order valence-corrected chi connectivity index (χ1v) is 13.3. The lowest BCUT2D eigenvalue weighted by Gasteiger charge is -2.40. The highest BCUT2D eigenvalue weighted by molar-refractivity contribution is 7.89. The average Bonchev–Trinajstić information content (AvgIpc) is 3.26. The Labute approximate surface area is 189 Å². The predicted molar refractivity (Wildman–Crippen MR) is 122 cm³/mol. The van der Waals surface area contributed by atoms with Crippen molar-refractivity contribution in [1.29, 1.82) is 0 Å². The molecule has 0 aliphatic carbocycles. The highest BCUT2D eigenvalue weighted by Gasteiger charge is 2.35. The van der Waals surface area contributed by atoms with Gasteiger partial charge in [-0.15, -0.1) is 0 Å². The van der Waals surface area contributed by atoms with Gasteiger partial charge in [-0.2, -0.15) is 5.10 Å². The Bertz CT molecular complexity index is 1030. The van der Waals surface area contributed by atoms with Crippen molar-refractivity contribution in [2.45, 2.75) is 37.4 Å². The molecule has 1 aromatic carbocycles. The number of nitrogens with zero attached hydrogens (tertiary/aromatic N) is 3. The van der Waals surface area contributed by atoms with E-state index in [4.69, 9.17) is 4.74 Å². The van der Waals surface area contributed by atoms with Crippen LogP contribution in [0.1, 0.15) is 47.7 Å². The summed E-state index contributed by atoms with van der Waals surface area (Å²) >= 11 is 0. The summed E-state index contributed by atoms with van der Waals surface area (Å²) in [6, 6.07) is 10.5. The van der Waals surface area contributed by atoms with Crippen molar-refractivity contribution in [1.82, 2.24) is 20.0 Å². The number of nitrogens with one attached hydrogen (secondary N) is 1. The van der Waals surface area contributed by atoms with Gasteiger partial charge in [-0.1, -0.05) is 31.2 Å². The fraction of sp³-hybridized carbons (Fsp3) is 0.565. The molecule has 4 rings (SSSR count). The van der Waals surface area contributed by atoms with Gasteiger partial charge >= 0.3 is 6.03 Å². The number of carbonyl (C=O) groups excluding carboxylic acids is 1. The Morgan fingerprint density at radius 3 is 2.47 bits per heavy atom. The van der Waals surface area contributed by atoms with Gasteiger partial charge in [0.1, 0.15) is 0 Å². The van der Waals surface area contributed by atoms with Gasteiger partial charge < -0.3 is 14.5 Å². The lowest BCUT2D eigenvalue weighted by molar-refractivity contribution is 0.0398. The van der Waals surface area contributed by atoms with Gasteiger partial charge in [0.25, 0.3) is 0 Å². The van der Waals surface area contributed by atoms with Crippen molar-refractivity contribution in [3.05, 3.63) is 52.8 Å². The molecule has 2 unspecified atom stereocenters. The lowest BCUT2D eigenvalue weighted by Crippen LogP contribution is -2.52. The number of rotatable bonds is 5. The largest absolute Gasteiger partial charge is 0.378 e. The molecular formula is C23H32N4O4S. The zero-order valence-electron chi connectivity index (χ0n) is 18.8. The molecule has 9 heteroatoms. The minimum absolute atomic E-state index is 0.0363. The van der Waals surface area contributed by atoms with E-state index in [1.54, 1.807) is 0 Å². The number of aryl methyl sites for hydroxylation is 1. The molecule has 3 heterocycles. The summed E-state index contributed by atoms with van der Waals surface area (Å²) in [6.45, 7) is 5.73. The zero-order chi connectivity index (χ0) is 22.7. The number of amides is 2. The number of aromatic amines is 1. The summed E-state index contributed by atoms with van der Waals surface area (Å²) in [4.78, 5) is 17.1. The number of aromatic nitrogens is 2. The molecule has 1 N–H and O–H groups in total. The van der Waals surface area contributed by atoms with Crippen LogP contribution < -0.4 is 0 Å². The maximum absolute atomic E-state index is 13.3. The normalized spacial score (nSPS) is 22.2. The SMILES string of the molecule is CCc1ccc(C2CC(c3cc(CS(C)(=O)=O)[nH]n3)CN(C(=O)N3CCOCC3)C2)cc1. The minimum Gasteiger partial charge on any atom is -0.378 e. The highest BCUT2D eigenvalue weighted by atomic mass is 32.2. The Balaban J connectivity index is 1.58. The molecule has 32 heavy (non-hydrogen) atoms. The number of H-pyrrole nitrogens is 1. The van der Waals surface area contributed by atoms with Gasteiger partial charge in [0.2, 0.25) is 0 Å². The van der Waals surface area contributed by atoms with Crippen molar-refractivity contribution in [3.63, 3.8) is 0 Å². The third-order valence-corrected chi connectivity index (χ3v) is 7.18. The second-order valence-electron chi connectivity index (χ2n) is 8.90. The maximum Gasteiger partial charge on any atom is 0.320 e. The number of urea groups is 1. The maximum atomic E-state index is 13.3. The summed E-state index contributed by atoms with van der Waals surface area (Å²) in [6.07, 6.45) is 3.07. The second kappa shape index (κ2) is 9.62. The number of benzene rings is 1. The Morgan fingerprint density at radius 2 is 1.81 bits per heavy atom.